The zero-order chi connectivity index (χ0) is 7.12. The Morgan fingerprint density at radius 1 is 1.67 bits per heavy atom. The van der Waals surface area contributed by atoms with Crippen LogP contribution in [0.4, 0.5) is 0 Å². The highest BCUT2D eigenvalue weighted by Crippen LogP contribution is 2.15. The Morgan fingerprint density at radius 2 is 2.22 bits per heavy atom. The molecule has 1 aliphatic rings. The van der Waals surface area contributed by atoms with E-state index in [1.165, 1.54) is 11.5 Å². The third kappa shape index (κ3) is 1.53. The second kappa shape index (κ2) is 1.58. The molecule has 0 saturated carbocycles. The molecule has 1 heterocycles. The van der Waals surface area contributed by atoms with Crippen LogP contribution in [0.5, 0.6) is 0 Å². The summed E-state index contributed by atoms with van der Waals surface area (Å²) in [5, 5.41) is 1.17. The van der Waals surface area contributed by atoms with Crippen LogP contribution < -0.4 is 5.73 Å². The third-order valence-corrected chi connectivity index (χ3v) is 2.74. The maximum absolute atomic E-state index is 10.7. The van der Waals surface area contributed by atoms with Crippen LogP contribution in [0.2, 0.25) is 0 Å². The van der Waals surface area contributed by atoms with E-state index in [1.807, 2.05) is 0 Å². The number of nitrogens with two attached hydrogens (primary N) is 1. The number of rotatable bonds is 0. The van der Waals surface area contributed by atoms with E-state index in [0.717, 1.165) is 0 Å². The summed E-state index contributed by atoms with van der Waals surface area (Å²) in [5.41, 5.74) is 4.85. The molecule has 0 radical (unpaired) electrons. The van der Waals surface area contributed by atoms with Crippen LogP contribution in [-0.2, 0) is 9.84 Å². The minimum Gasteiger partial charge on any atom is -0.321 e. The van der Waals surface area contributed by atoms with Gasteiger partial charge in [-0.3, -0.25) is 0 Å². The van der Waals surface area contributed by atoms with E-state index in [9.17, 15) is 8.42 Å². The molecule has 1 atom stereocenters. The van der Waals surface area contributed by atoms with E-state index in [0.29, 0.717) is 0 Å². The molecular formula is C5H9NO2S. The monoisotopic (exact) mass is 147 g/mol. The predicted molar refractivity (Wildman–Crippen MR) is 35.5 cm³/mol. The number of hydrogen-bond donors (Lipinski definition) is 1. The fraction of sp³-hybridized carbons (Fsp3) is 0.600. The summed E-state index contributed by atoms with van der Waals surface area (Å²) in [6.07, 6.45) is 1.52. The fourth-order valence-corrected chi connectivity index (χ4v) is 2.37. The molecule has 2 N–H and O–H groups in total. The molecule has 0 amide bonds. The first-order valence-electron chi connectivity index (χ1n) is 2.62. The van der Waals surface area contributed by atoms with Gasteiger partial charge in [0.25, 0.3) is 0 Å². The van der Waals surface area contributed by atoms with Crippen molar-refractivity contribution in [3.63, 3.8) is 0 Å². The molecule has 52 valence electrons. The first-order chi connectivity index (χ1) is 3.91. The van der Waals surface area contributed by atoms with Crippen molar-refractivity contribution in [2.45, 2.75) is 12.5 Å². The molecule has 0 fully saturated rings. The van der Waals surface area contributed by atoms with Gasteiger partial charge in [-0.2, -0.15) is 0 Å². The standard InChI is InChI=1S/C5H9NO2S/c1-5(6)2-3-9(7,8)4-5/h2-3H,4,6H2,1H3/t5-/m1/s1. The molecule has 0 spiro atoms. The van der Waals surface area contributed by atoms with Crippen LogP contribution in [0.1, 0.15) is 6.92 Å². The van der Waals surface area contributed by atoms with Crippen molar-refractivity contribution in [3.8, 4) is 0 Å². The van der Waals surface area contributed by atoms with Gasteiger partial charge in [-0.25, -0.2) is 8.42 Å². The summed E-state index contributed by atoms with van der Waals surface area (Å²) in [6.45, 7) is 1.69. The van der Waals surface area contributed by atoms with Crippen molar-refractivity contribution in [2.24, 2.45) is 5.73 Å². The molecule has 0 unspecified atom stereocenters. The number of sulfone groups is 1. The maximum atomic E-state index is 10.7. The molecule has 4 heteroatoms. The second-order valence-corrected chi connectivity index (χ2v) is 4.50. The predicted octanol–water partition coefficient (Wildman–Crippen LogP) is -0.354. The second-order valence-electron chi connectivity index (χ2n) is 2.62. The highest BCUT2D eigenvalue weighted by molar-refractivity contribution is 7.94. The molecule has 0 aromatic rings. The average Bonchev–Trinajstić information content (AvgIpc) is 1.78. The summed E-state index contributed by atoms with van der Waals surface area (Å²) >= 11 is 0. The molecule has 0 aromatic heterocycles. The van der Waals surface area contributed by atoms with Crippen molar-refractivity contribution in [2.75, 3.05) is 5.75 Å². The van der Waals surface area contributed by atoms with E-state index in [-0.39, 0.29) is 5.75 Å². The van der Waals surface area contributed by atoms with Crippen LogP contribution in [0.3, 0.4) is 0 Å². The van der Waals surface area contributed by atoms with E-state index in [1.54, 1.807) is 6.92 Å². The van der Waals surface area contributed by atoms with Crippen molar-refractivity contribution in [3.05, 3.63) is 11.5 Å². The molecule has 9 heavy (non-hydrogen) atoms. The molecule has 1 rings (SSSR count). The van der Waals surface area contributed by atoms with Gasteiger partial charge >= 0.3 is 0 Å². The zero-order valence-corrected chi connectivity index (χ0v) is 5.98. The normalized spacial score (nSPS) is 39.3. The van der Waals surface area contributed by atoms with Gasteiger partial charge < -0.3 is 5.73 Å². The summed E-state index contributed by atoms with van der Waals surface area (Å²) in [4.78, 5) is 0. The van der Waals surface area contributed by atoms with Gasteiger partial charge in [0.1, 0.15) is 0 Å². The Labute approximate surface area is 54.5 Å². The molecule has 0 saturated heterocycles. The quantitative estimate of drug-likeness (QED) is 0.509. The Hall–Kier alpha value is -0.350. The average molecular weight is 147 g/mol. The summed E-state index contributed by atoms with van der Waals surface area (Å²) in [5.74, 6) is 0.0417. The highest BCUT2D eigenvalue weighted by atomic mass is 32.2. The van der Waals surface area contributed by atoms with Gasteiger partial charge in [0.15, 0.2) is 9.84 Å². The van der Waals surface area contributed by atoms with E-state index < -0.39 is 15.4 Å². The van der Waals surface area contributed by atoms with E-state index in [4.69, 9.17) is 5.73 Å². The lowest BCUT2D eigenvalue weighted by Crippen LogP contribution is -2.36. The summed E-state index contributed by atoms with van der Waals surface area (Å²) in [7, 11) is -2.96. The Balaban J connectivity index is 2.97. The van der Waals surface area contributed by atoms with Crippen LogP contribution >= 0.6 is 0 Å². The van der Waals surface area contributed by atoms with Gasteiger partial charge in [0.2, 0.25) is 0 Å². The smallest absolute Gasteiger partial charge is 0.173 e. The molecule has 0 aliphatic carbocycles. The number of hydrogen-bond acceptors (Lipinski definition) is 3. The van der Waals surface area contributed by atoms with Gasteiger partial charge in [-0.05, 0) is 6.92 Å². The summed E-state index contributed by atoms with van der Waals surface area (Å²) < 4.78 is 21.4. The first-order valence-corrected chi connectivity index (χ1v) is 4.34. The lowest BCUT2D eigenvalue weighted by atomic mass is 10.1. The lowest BCUT2D eigenvalue weighted by molar-refractivity contribution is 0.589. The van der Waals surface area contributed by atoms with Crippen LogP contribution in [0.25, 0.3) is 0 Å². The lowest BCUT2D eigenvalue weighted by Gasteiger charge is -2.10. The van der Waals surface area contributed by atoms with Crippen LogP contribution in [0, 0.1) is 0 Å². The van der Waals surface area contributed by atoms with Gasteiger partial charge in [-0.1, -0.05) is 6.08 Å². The molecule has 3 nitrogen and oxygen atoms in total. The van der Waals surface area contributed by atoms with Gasteiger partial charge in [0, 0.05) is 10.9 Å². The first kappa shape index (κ1) is 6.77. The highest BCUT2D eigenvalue weighted by Gasteiger charge is 2.28. The molecule has 1 aliphatic heterocycles. The topological polar surface area (TPSA) is 60.2 Å². The minimum absolute atomic E-state index is 0.0417. The fourth-order valence-electron chi connectivity index (χ4n) is 0.789. The Bertz CT molecular complexity index is 238. The van der Waals surface area contributed by atoms with Crippen molar-refractivity contribution in [1.29, 1.82) is 0 Å². The molecule has 0 bridgehead atoms. The largest absolute Gasteiger partial charge is 0.321 e. The zero-order valence-electron chi connectivity index (χ0n) is 5.16. The maximum Gasteiger partial charge on any atom is 0.173 e. The SMILES string of the molecule is C[C@@]1(N)C=CS(=O)(=O)C1. The molecule has 0 aromatic carbocycles. The minimum atomic E-state index is -2.96. The van der Waals surface area contributed by atoms with Crippen LogP contribution in [-0.4, -0.2) is 19.7 Å². The van der Waals surface area contributed by atoms with E-state index >= 15 is 0 Å². The molecular weight excluding hydrogens is 138 g/mol. The van der Waals surface area contributed by atoms with Crippen molar-refractivity contribution >= 4 is 9.84 Å². The van der Waals surface area contributed by atoms with Gasteiger partial charge in [-0.15, -0.1) is 0 Å². The third-order valence-electron chi connectivity index (χ3n) is 1.17. The Kier molecular flexibility index (Phi) is 1.18. The van der Waals surface area contributed by atoms with Crippen molar-refractivity contribution in [1.82, 2.24) is 0 Å². The van der Waals surface area contributed by atoms with Gasteiger partial charge in [0.05, 0.1) is 5.75 Å². The summed E-state index contributed by atoms with van der Waals surface area (Å²) in [6, 6.07) is 0. The van der Waals surface area contributed by atoms with Crippen LogP contribution in [0.15, 0.2) is 11.5 Å². The van der Waals surface area contributed by atoms with E-state index in [2.05, 4.69) is 0 Å². The Morgan fingerprint density at radius 3 is 2.33 bits per heavy atom. The van der Waals surface area contributed by atoms with Crippen molar-refractivity contribution < 1.29 is 8.42 Å².